The summed E-state index contributed by atoms with van der Waals surface area (Å²) in [5.41, 5.74) is 0.0441. The number of carboxylic acid groups (broad SMARTS) is 1. The molecule has 0 aliphatic rings. The van der Waals surface area contributed by atoms with E-state index in [0.29, 0.717) is 10.6 Å². The van der Waals surface area contributed by atoms with Gasteiger partial charge >= 0.3 is 5.97 Å². The van der Waals surface area contributed by atoms with E-state index in [-0.39, 0.29) is 10.6 Å². The first-order valence-corrected chi connectivity index (χ1v) is 5.80. The van der Waals surface area contributed by atoms with Crippen LogP contribution in [-0.4, -0.2) is 30.2 Å². The van der Waals surface area contributed by atoms with Crippen LogP contribution in [0.5, 0.6) is 5.75 Å². The molecule has 0 atom stereocenters. The smallest absolute Gasteiger partial charge is 0.377 e. The Morgan fingerprint density at radius 1 is 1.44 bits per heavy atom. The van der Waals surface area contributed by atoms with Crippen molar-refractivity contribution in [3.8, 4) is 5.75 Å². The van der Waals surface area contributed by atoms with Crippen LogP contribution < -0.4 is 4.74 Å². The Bertz CT molecular complexity index is 445. The summed E-state index contributed by atoms with van der Waals surface area (Å²) in [5, 5.41) is 8.81. The zero-order valence-corrected chi connectivity index (χ0v) is 10.2. The third kappa shape index (κ3) is 2.48. The van der Waals surface area contributed by atoms with Crippen LogP contribution in [0.3, 0.4) is 0 Å². The highest BCUT2D eigenvalue weighted by molar-refractivity contribution is 7.98. The Hall–Kier alpha value is -1.20. The molecule has 0 unspecified atom stereocenters. The van der Waals surface area contributed by atoms with Crippen molar-refractivity contribution < 1.29 is 19.4 Å². The van der Waals surface area contributed by atoms with Crippen LogP contribution in [0.2, 0.25) is 5.02 Å². The van der Waals surface area contributed by atoms with Crippen molar-refractivity contribution in [1.82, 2.24) is 0 Å². The monoisotopic (exact) mass is 260 g/mol. The van der Waals surface area contributed by atoms with E-state index in [1.165, 1.54) is 31.0 Å². The van der Waals surface area contributed by atoms with Gasteiger partial charge in [0.05, 0.1) is 17.0 Å². The Kier molecular flexibility index (Phi) is 4.20. The van der Waals surface area contributed by atoms with Gasteiger partial charge in [-0.2, -0.15) is 0 Å². The third-order valence-corrected chi connectivity index (χ3v) is 2.91. The molecule has 0 saturated heterocycles. The molecule has 16 heavy (non-hydrogen) atoms. The lowest BCUT2D eigenvalue weighted by atomic mass is 10.1. The highest BCUT2D eigenvalue weighted by atomic mass is 35.5. The summed E-state index contributed by atoms with van der Waals surface area (Å²) in [7, 11) is 1.46. The lowest BCUT2D eigenvalue weighted by Crippen LogP contribution is -2.12. The molecule has 86 valence electrons. The van der Waals surface area contributed by atoms with Gasteiger partial charge in [0, 0.05) is 5.56 Å². The second-order valence-electron chi connectivity index (χ2n) is 2.83. The number of hydrogen-bond acceptors (Lipinski definition) is 4. The summed E-state index contributed by atoms with van der Waals surface area (Å²) in [4.78, 5) is 22.4. The number of aliphatic carboxylic acids is 1. The van der Waals surface area contributed by atoms with Crippen LogP contribution in [0.15, 0.2) is 17.0 Å². The summed E-state index contributed by atoms with van der Waals surface area (Å²) in [6, 6.07) is 2.74. The van der Waals surface area contributed by atoms with E-state index in [0.717, 1.165) is 0 Å². The fourth-order valence-electron chi connectivity index (χ4n) is 1.17. The highest BCUT2D eigenvalue weighted by Crippen LogP contribution is 2.35. The number of rotatable bonds is 4. The first-order valence-electron chi connectivity index (χ1n) is 4.20. The van der Waals surface area contributed by atoms with Gasteiger partial charge in [0.25, 0.3) is 5.78 Å². The SMILES string of the molecule is COc1c(Cl)cc(C(=O)C(=O)O)cc1SC. The molecule has 0 radical (unpaired) electrons. The maximum absolute atomic E-state index is 11.3. The third-order valence-electron chi connectivity index (χ3n) is 1.89. The largest absolute Gasteiger partial charge is 0.494 e. The van der Waals surface area contributed by atoms with Crippen molar-refractivity contribution in [2.75, 3.05) is 13.4 Å². The number of hydrogen-bond donors (Lipinski definition) is 1. The zero-order valence-electron chi connectivity index (χ0n) is 8.61. The summed E-state index contributed by atoms with van der Waals surface area (Å²) in [6.45, 7) is 0. The van der Waals surface area contributed by atoms with Gasteiger partial charge in [-0.3, -0.25) is 4.79 Å². The standard InChI is InChI=1S/C10H9ClO4S/c1-15-9-6(11)3-5(4-7(9)16-2)8(12)10(13)14/h3-4H,1-2H3,(H,13,14). The Labute approximate surface area is 102 Å². The number of halogens is 1. The molecule has 6 heteroatoms. The van der Waals surface area contributed by atoms with Gasteiger partial charge in [-0.1, -0.05) is 11.6 Å². The second kappa shape index (κ2) is 5.23. The number of ether oxygens (including phenoxy) is 1. The maximum Gasteiger partial charge on any atom is 0.377 e. The van der Waals surface area contributed by atoms with Crippen LogP contribution >= 0.6 is 23.4 Å². The predicted octanol–water partition coefficient (Wildman–Crippen LogP) is 2.34. The summed E-state index contributed by atoms with van der Waals surface area (Å²) in [5.74, 6) is -2.05. The summed E-state index contributed by atoms with van der Waals surface area (Å²) in [6.07, 6.45) is 1.78. The van der Waals surface area contributed by atoms with E-state index in [1.54, 1.807) is 6.26 Å². The zero-order chi connectivity index (χ0) is 12.3. The van der Waals surface area contributed by atoms with Gasteiger partial charge in [0.2, 0.25) is 0 Å². The van der Waals surface area contributed by atoms with E-state index in [4.69, 9.17) is 21.4 Å². The van der Waals surface area contributed by atoms with E-state index in [9.17, 15) is 9.59 Å². The topological polar surface area (TPSA) is 63.6 Å². The molecule has 1 aromatic rings. The minimum Gasteiger partial charge on any atom is -0.494 e. The van der Waals surface area contributed by atoms with Crippen LogP contribution in [0, 0.1) is 0 Å². The van der Waals surface area contributed by atoms with E-state index in [2.05, 4.69) is 0 Å². The molecule has 0 fully saturated rings. The number of ketones is 1. The normalized spacial score (nSPS) is 9.94. The number of thioether (sulfide) groups is 1. The molecule has 0 bridgehead atoms. The van der Waals surface area contributed by atoms with Crippen molar-refractivity contribution in [2.24, 2.45) is 0 Å². The quantitative estimate of drug-likeness (QED) is 0.511. The van der Waals surface area contributed by atoms with Crippen LogP contribution in [0.1, 0.15) is 10.4 Å². The van der Waals surface area contributed by atoms with Crippen LogP contribution in [0.25, 0.3) is 0 Å². The van der Waals surface area contributed by atoms with Gasteiger partial charge in [0.1, 0.15) is 0 Å². The number of Topliss-reactive ketones (excluding diaryl/α,β-unsaturated/α-hetero) is 1. The van der Waals surface area contributed by atoms with Crippen LogP contribution in [-0.2, 0) is 4.79 Å². The minimum atomic E-state index is -1.51. The Balaban J connectivity index is 3.31. The molecular weight excluding hydrogens is 252 g/mol. The fourth-order valence-corrected chi connectivity index (χ4v) is 2.15. The average Bonchev–Trinajstić information content (AvgIpc) is 2.26. The van der Waals surface area contributed by atoms with E-state index >= 15 is 0 Å². The second-order valence-corrected chi connectivity index (χ2v) is 4.08. The number of methoxy groups -OCH3 is 1. The maximum atomic E-state index is 11.3. The molecule has 0 aliphatic carbocycles. The molecule has 0 aliphatic heterocycles. The molecule has 1 rings (SSSR count). The molecule has 4 nitrogen and oxygen atoms in total. The van der Waals surface area contributed by atoms with Gasteiger partial charge in [-0.25, -0.2) is 4.79 Å². The molecule has 0 saturated carbocycles. The van der Waals surface area contributed by atoms with Gasteiger partial charge < -0.3 is 9.84 Å². The van der Waals surface area contributed by atoms with Crippen molar-refractivity contribution in [3.05, 3.63) is 22.7 Å². The van der Waals surface area contributed by atoms with Crippen molar-refractivity contribution in [2.45, 2.75) is 4.90 Å². The Morgan fingerprint density at radius 2 is 2.06 bits per heavy atom. The number of carbonyl (C=O) groups is 2. The lowest BCUT2D eigenvalue weighted by molar-refractivity contribution is -0.131. The van der Waals surface area contributed by atoms with Crippen LogP contribution in [0.4, 0.5) is 0 Å². The highest BCUT2D eigenvalue weighted by Gasteiger charge is 2.18. The van der Waals surface area contributed by atoms with Crippen molar-refractivity contribution >= 4 is 35.1 Å². The summed E-state index contributed by atoms with van der Waals surface area (Å²) < 4.78 is 5.05. The lowest BCUT2D eigenvalue weighted by Gasteiger charge is -2.09. The summed E-state index contributed by atoms with van der Waals surface area (Å²) >= 11 is 7.20. The van der Waals surface area contributed by atoms with Gasteiger partial charge in [-0.05, 0) is 18.4 Å². The molecule has 0 heterocycles. The van der Waals surface area contributed by atoms with Crippen molar-refractivity contribution in [3.63, 3.8) is 0 Å². The minimum absolute atomic E-state index is 0.0441. The predicted molar refractivity (Wildman–Crippen MR) is 61.8 cm³/mol. The molecule has 0 spiro atoms. The first-order chi connectivity index (χ1) is 7.51. The van der Waals surface area contributed by atoms with Gasteiger partial charge in [-0.15, -0.1) is 11.8 Å². The molecular formula is C10H9ClO4S. The molecule has 1 aromatic carbocycles. The van der Waals surface area contributed by atoms with E-state index in [1.807, 2.05) is 0 Å². The average molecular weight is 261 g/mol. The molecule has 1 N–H and O–H groups in total. The number of carboxylic acids is 1. The van der Waals surface area contributed by atoms with Crippen molar-refractivity contribution in [1.29, 1.82) is 0 Å². The van der Waals surface area contributed by atoms with E-state index < -0.39 is 11.8 Å². The molecule has 0 aromatic heterocycles. The van der Waals surface area contributed by atoms with Gasteiger partial charge in [0.15, 0.2) is 5.75 Å². The Morgan fingerprint density at radius 3 is 2.50 bits per heavy atom. The number of carbonyl (C=O) groups excluding carboxylic acids is 1. The molecule has 0 amide bonds. The fraction of sp³-hybridized carbons (Fsp3) is 0.200. The number of benzene rings is 1. The first kappa shape index (κ1) is 12.9.